The summed E-state index contributed by atoms with van der Waals surface area (Å²) in [5, 5.41) is 6.90. The summed E-state index contributed by atoms with van der Waals surface area (Å²) in [4.78, 5) is 4.30. The van der Waals surface area contributed by atoms with Gasteiger partial charge in [-0.15, -0.1) is 0 Å². The van der Waals surface area contributed by atoms with Crippen LogP contribution in [0.4, 0.5) is 0 Å². The standard InChI is InChI=1S/C17H27N3/c1-12(2)13(3)20-17(18-4)19-11-15-10-16(15)14-8-6-5-7-9-14/h5-9,12-13,15-16H,10-11H2,1-4H3,(H2,18,19,20). The SMILES string of the molecule is CN=C(NCC1CC1c1ccccc1)NC(C)C(C)C. The molecule has 2 N–H and O–H groups in total. The maximum absolute atomic E-state index is 4.30. The molecule has 3 nitrogen and oxygen atoms in total. The van der Waals surface area contributed by atoms with Crippen LogP contribution in [0.25, 0.3) is 0 Å². The average Bonchev–Trinajstić information content (AvgIpc) is 3.23. The first kappa shape index (κ1) is 14.9. The van der Waals surface area contributed by atoms with Crippen LogP contribution in [0.3, 0.4) is 0 Å². The number of rotatable bonds is 5. The van der Waals surface area contributed by atoms with E-state index < -0.39 is 0 Å². The highest BCUT2D eigenvalue weighted by molar-refractivity contribution is 5.80. The first-order valence-corrected chi connectivity index (χ1v) is 7.64. The third kappa shape index (κ3) is 3.99. The molecule has 1 saturated carbocycles. The van der Waals surface area contributed by atoms with Crippen molar-refractivity contribution in [3.8, 4) is 0 Å². The molecule has 1 aromatic rings. The second-order valence-electron chi connectivity index (χ2n) is 6.14. The molecular formula is C17H27N3. The van der Waals surface area contributed by atoms with E-state index in [9.17, 15) is 0 Å². The minimum Gasteiger partial charge on any atom is -0.356 e. The molecule has 2 rings (SSSR count). The molecule has 1 aliphatic rings. The van der Waals surface area contributed by atoms with E-state index >= 15 is 0 Å². The maximum Gasteiger partial charge on any atom is 0.191 e. The van der Waals surface area contributed by atoms with E-state index in [1.54, 1.807) is 0 Å². The molecule has 0 aromatic heterocycles. The van der Waals surface area contributed by atoms with E-state index in [0.29, 0.717) is 12.0 Å². The number of hydrogen-bond donors (Lipinski definition) is 2. The molecule has 0 amide bonds. The van der Waals surface area contributed by atoms with Crippen LogP contribution in [0.1, 0.15) is 38.7 Å². The number of benzene rings is 1. The lowest BCUT2D eigenvalue weighted by Gasteiger charge is -2.20. The topological polar surface area (TPSA) is 36.4 Å². The fraction of sp³-hybridized carbons (Fsp3) is 0.588. The molecule has 0 heterocycles. The van der Waals surface area contributed by atoms with E-state index in [1.807, 2.05) is 7.05 Å². The molecule has 1 fully saturated rings. The lowest BCUT2D eigenvalue weighted by Crippen LogP contribution is -2.44. The molecule has 1 aromatic carbocycles. The molecule has 0 spiro atoms. The predicted octanol–water partition coefficient (Wildman–Crippen LogP) is 3.00. The molecule has 3 unspecified atom stereocenters. The smallest absolute Gasteiger partial charge is 0.191 e. The van der Waals surface area contributed by atoms with Gasteiger partial charge in [-0.2, -0.15) is 0 Å². The third-order valence-corrected chi connectivity index (χ3v) is 4.27. The Morgan fingerprint density at radius 1 is 1.25 bits per heavy atom. The van der Waals surface area contributed by atoms with Crippen LogP contribution in [0, 0.1) is 11.8 Å². The number of hydrogen-bond acceptors (Lipinski definition) is 1. The Morgan fingerprint density at radius 3 is 2.55 bits per heavy atom. The van der Waals surface area contributed by atoms with Gasteiger partial charge >= 0.3 is 0 Å². The van der Waals surface area contributed by atoms with Crippen molar-refractivity contribution < 1.29 is 0 Å². The van der Waals surface area contributed by atoms with Crippen LogP contribution in [0.15, 0.2) is 35.3 Å². The summed E-state index contributed by atoms with van der Waals surface area (Å²) in [5.41, 5.74) is 1.47. The molecule has 0 saturated heterocycles. The van der Waals surface area contributed by atoms with Gasteiger partial charge in [0.25, 0.3) is 0 Å². The summed E-state index contributed by atoms with van der Waals surface area (Å²) < 4.78 is 0. The Kier molecular flexibility index (Phi) is 5.05. The molecule has 20 heavy (non-hydrogen) atoms. The van der Waals surface area contributed by atoms with Gasteiger partial charge in [0.15, 0.2) is 5.96 Å². The van der Waals surface area contributed by atoms with Gasteiger partial charge in [-0.3, -0.25) is 4.99 Å². The van der Waals surface area contributed by atoms with Crippen molar-refractivity contribution >= 4 is 5.96 Å². The first-order chi connectivity index (χ1) is 9.61. The predicted molar refractivity (Wildman–Crippen MR) is 86.1 cm³/mol. The highest BCUT2D eigenvalue weighted by Crippen LogP contribution is 2.46. The van der Waals surface area contributed by atoms with Crippen LogP contribution < -0.4 is 10.6 Å². The summed E-state index contributed by atoms with van der Waals surface area (Å²) in [6, 6.07) is 11.2. The molecular weight excluding hydrogens is 246 g/mol. The summed E-state index contributed by atoms with van der Waals surface area (Å²) in [5.74, 6) is 2.99. The van der Waals surface area contributed by atoms with Crippen LogP contribution in [0.5, 0.6) is 0 Å². The normalized spacial score (nSPS) is 23.6. The number of nitrogens with zero attached hydrogens (tertiary/aromatic N) is 1. The van der Waals surface area contributed by atoms with E-state index in [1.165, 1.54) is 12.0 Å². The van der Waals surface area contributed by atoms with Crippen molar-refractivity contribution in [2.75, 3.05) is 13.6 Å². The van der Waals surface area contributed by atoms with Gasteiger partial charge in [-0.05, 0) is 36.7 Å². The quantitative estimate of drug-likeness (QED) is 0.639. The van der Waals surface area contributed by atoms with Gasteiger partial charge < -0.3 is 10.6 Å². The van der Waals surface area contributed by atoms with Gasteiger partial charge in [0.05, 0.1) is 0 Å². The van der Waals surface area contributed by atoms with Crippen LogP contribution in [-0.4, -0.2) is 25.6 Å². The molecule has 0 bridgehead atoms. The van der Waals surface area contributed by atoms with Gasteiger partial charge in [-0.25, -0.2) is 0 Å². The van der Waals surface area contributed by atoms with Crippen LogP contribution in [-0.2, 0) is 0 Å². The van der Waals surface area contributed by atoms with Crippen LogP contribution in [0.2, 0.25) is 0 Å². The molecule has 0 radical (unpaired) electrons. The van der Waals surface area contributed by atoms with E-state index in [2.05, 4.69) is 66.7 Å². The minimum absolute atomic E-state index is 0.435. The number of nitrogens with one attached hydrogen (secondary N) is 2. The molecule has 3 atom stereocenters. The van der Waals surface area contributed by atoms with Crippen molar-refractivity contribution in [3.05, 3.63) is 35.9 Å². The van der Waals surface area contributed by atoms with Crippen LogP contribution >= 0.6 is 0 Å². The zero-order chi connectivity index (χ0) is 14.5. The lowest BCUT2D eigenvalue weighted by molar-refractivity contribution is 0.480. The summed E-state index contributed by atoms with van der Waals surface area (Å²) in [6.07, 6.45) is 1.29. The fourth-order valence-electron chi connectivity index (χ4n) is 2.39. The molecule has 1 aliphatic carbocycles. The first-order valence-electron chi connectivity index (χ1n) is 7.64. The fourth-order valence-corrected chi connectivity index (χ4v) is 2.39. The Balaban J connectivity index is 1.76. The Labute approximate surface area is 122 Å². The highest BCUT2D eigenvalue weighted by Gasteiger charge is 2.37. The number of guanidine groups is 1. The van der Waals surface area contributed by atoms with Gasteiger partial charge in [0.1, 0.15) is 0 Å². The molecule has 0 aliphatic heterocycles. The second kappa shape index (κ2) is 6.78. The maximum atomic E-state index is 4.30. The van der Waals surface area contributed by atoms with Crippen molar-refractivity contribution in [3.63, 3.8) is 0 Å². The lowest BCUT2D eigenvalue weighted by atomic mass is 10.1. The average molecular weight is 273 g/mol. The van der Waals surface area contributed by atoms with Crippen molar-refractivity contribution in [1.29, 1.82) is 0 Å². The summed E-state index contributed by atoms with van der Waals surface area (Å²) >= 11 is 0. The zero-order valence-corrected chi connectivity index (χ0v) is 13.1. The minimum atomic E-state index is 0.435. The van der Waals surface area contributed by atoms with Gasteiger partial charge in [0, 0.05) is 19.6 Å². The van der Waals surface area contributed by atoms with E-state index in [4.69, 9.17) is 0 Å². The van der Waals surface area contributed by atoms with Crippen molar-refractivity contribution in [1.82, 2.24) is 10.6 Å². The van der Waals surface area contributed by atoms with Gasteiger partial charge in [0.2, 0.25) is 0 Å². The third-order valence-electron chi connectivity index (χ3n) is 4.27. The summed E-state index contributed by atoms with van der Waals surface area (Å²) in [7, 11) is 1.84. The Morgan fingerprint density at radius 2 is 1.95 bits per heavy atom. The van der Waals surface area contributed by atoms with E-state index in [0.717, 1.165) is 24.3 Å². The van der Waals surface area contributed by atoms with Gasteiger partial charge in [-0.1, -0.05) is 44.2 Å². The zero-order valence-electron chi connectivity index (χ0n) is 13.1. The monoisotopic (exact) mass is 273 g/mol. The summed E-state index contributed by atoms with van der Waals surface area (Å²) in [6.45, 7) is 7.64. The Bertz CT molecular complexity index is 439. The van der Waals surface area contributed by atoms with Crippen molar-refractivity contribution in [2.45, 2.75) is 39.2 Å². The van der Waals surface area contributed by atoms with Crippen molar-refractivity contribution in [2.24, 2.45) is 16.8 Å². The molecule has 110 valence electrons. The van der Waals surface area contributed by atoms with E-state index in [-0.39, 0.29) is 0 Å². The molecule has 3 heteroatoms. The highest BCUT2D eigenvalue weighted by atomic mass is 15.2. The Hall–Kier alpha value is -1.51. The second-order valence-corrected chi connectivity index (χ2v) is 6.14. The number of aliphatic imine (C=N–C) groups is 1. The largest absolute Gasteiger partial charge is 0.356 e.